The van der Waals surface area contributed by atoms with Gasteiger partial charge in [-0.3, -0.25) is 62.7 Å². The third-order valence-electron chi connectivity index (χ3n) is 9.18. The van der Waals surface area contributed by atoms with Gasteiger partial charge in [0.25, 0.3) is 0 Å². The molecule has 67 heavy (non-hydrogen) atoms. The predicted molar refractivity (Wildman–Crippen MR) is 240 cm³/mol. The number of aliphatic carboxylic acids is 2. The van der Waals surface area contributed by atoms with Gasteiger partial charge in [0.2, 0.25) is 53.2 Å². The molecule has 0 aliphatic carbocycles. The summed E-state index contributed by atoms with van der Waals surface area (Å²) < 4.78 is 0. The van der Waals surface area contributed by atoms with Crippen molar-refractivity contribution < 1.29 is 68.1 Å². The molecule has 22 N–H and O–H groups in total. The number of aliphatic hydroxyl groups is 1. The molecule has 0 saturated heterocycles. The van der Waals surface area contributed by atoms with Gasteiger partial charge < -0.3 is 86.9 Å². The molecule has 0 fully saturated rings. The van der Waals surface area contributed by atoms with Gasteiger partial charge in [0.05, 0.1) is 6.61 Å². The summed E-state index contributed by atoms with van der Waals surface area (Å²) in [7, 11) is 0. The van der Waals surface area contributed by atoms with Crippen LogP contribution in [0.5, 0.6) is 0 Å². The fraction of sp³-hybridized carbons (Fsp3) is 0.649. The number of thioether (sulfide) groups is 1. The van der Waals surface area contributed by atoms with Gasteiger partial charge in [-0.15, -0.1) is 0 Å². The van der Waals surface area contributed by atoms with Crippen molar-refractivity contribution in [1.29, 1.82) is 0 Å². The molecule has 0 aromatic rings. The molecular weight excluding hydrogens is 911 g/mol. The van der Waals surface area contributed by atoms with Crippen molar-refractivity contribution in [3.63, 3.8) is 0 Å². The Balaban J connectivity index is 6.80. The zero-order valence-corrected chi connectivity index (χ0v) is 38.1. The summed E-state index contributed by atoms with van der Waals surface area (Å²) in [6, 6.07) is -10.7. The van der Waals surface area contributed by atoms with Crippen LogP contribution in [-0.2, 0) is 52.7 Å². The molecule has 0 radical (unpaired) electrons. The zero-order chi connectivity index (χ0) is 51.2. The number of amides is 9. The van der Waals surface area contributed by atoms with E-state index in [0.717, 1.165) is 6.92 Å². The van der Waals surface area contributed by atoms with E-state index < -0.39 is 146 Å². The number of nitrogens with one attached hydrogen (secondary N) is 7. The summed E-state index contributed by atoms with van der Waals surface area (Å²) in [5, 5.41) is 44.6. The van der Waals surface area contributed by atoms with Gasteiger partial charge in [0.1, 0.15) is 42.3 Å². The van der Waals surface area contributed by atoms with E-state index in [1.807, 2.05) is 0 Å². The highest BCUT2D eigenvalue weighted by atomic mass is 32.2. The van der Waals surface area contributed by atoms with E-state index in [-0.39, 0.29) is 69.3 Å². The van der Waals surface area contributed by atoms with Crippen LogP contribution in [0.25, 0.3) is 0 Å². The number of aliphatic hydroxyl groups excluding tert-OH is 1. The maximum absolute atomic E-state index is 14.0. The van der Waals surface area contributed by atoms with Crippen LogP contribution in [-0.4, -0.2) is 166 Å². The molecule has 0 rings (SSSR count). The highest BCUT2D eigenvalue weighted by Crippen LogP contribution is 2.10. The lowest BCUT2D eigenvalue weighted by molar-refractivity contribution is -0.140. The Labute approximate surface area is 389 Å². The maximum atomic E-state index is 14.0. The first kappa shape index (κ1) is 60.0. The van der Waals surface area contributed by atoms with Crippen molar-refractivity contribution in [2.45, 2.75) is 120 Å². The first-order chi connectivity index (χ1) is 31.4. The highest BCUT2D eigenvalue weighted by molar-refractivity contribution is 7.98. The fourth-order valence-corrected chi connectivity index (χ4v) is 6.24. The van der Waals surface area contributed by atoms with Crippen LogP contribution < -0.4 is 71.6 Å². The fourth-order valence-electron chi connectivity index (χ4n) is 5.76. The van der Waals surface area contributed by atoms with Crippen LogP contribution in [0, 0.1) is 0 Å². The summed E-state index contributed by atoms with van der Waals surface area (Å²) in [5.41, 5.74) is 32.2. The quantitative estimate of drug-likeness (QED) is 0.0159. The number of nitrogens with two attached hydrogens (primary N) is 6. The monoisotopic (exact) mass is 975 g/mol. The normalized spacial score (nSPS) is 13.8. The number of carboxylic acids is 2. The Morgan fingerprint density at radius 3 is 1.07 bits per heavy atom. The van der Waals surface area contributed by atoms with Crippen molar-refractivity contribution in [2.75, 3.05) is 31.7 Å². The number of hydrogen-bond donors (Lipinski definition) is 16. The molecule has 0 aliphatic rings. The molecule has 9 amide bonds. The number of aliphatic imine (C=N–C) groups is 2. The molecule has 0 aromatic heterocycles. The Bertz CT molecular complexity index is 1800. The van der Waals surface area contributed by atoms with Crippen LogP contribution in [0.1, 0.15) is 77.6 Å². The van der Waals surface area contributed by atoms with E-state index in [0.29, 0.717) is 0 Å². The van der Waals surface area contributed by atoms with Crippen molar-refractivity contribution >= 4 is 88.8 Å². The molecule has 0 aromatic carbocycles. The summed E-state index contributed by atoms with van der Waals surface area (Å²) in [6.07, 6.45) is -1.65. The van der Waals surface area contributed by atoms with Crippen LogP contribution in [0.2, 0.25) is 0 Å². The molecule has 29 nitrogen and oxygen atoms in total. The van der Waals surface area contributed by atoms with Crippen LogP contribution >= 0.6 is 11.8 Å². The molecule has 0 heterocycles. The lowest BCUT2D eigenvalue weighted by atomic mass is 10.0. The number of carboxylic acid groups (broad SMARTS) is 2. The summed E-state index contributed by atoms with van der Waals surface area (Å²) in [4.78, 5) is 148. The van der Waals surface area contributed by atoms with Crippen LogP contribution in [0.15, 0.2) is 9.98 Å². The minimum absolute atomic E-state index is 0.00480. The smallest absolute Gasteiger partial charge is 0.303 e. The predicted octanol–water partition coefficient (Wildman–Crippen LogP) is -7.27. The number of guanidine groups is 2. The molecule has 0 bridgehead atoms. The molecule has 30 heteroatoms. The minimum atomic E-state index is -1.64. The second-order valence-electron chi connectivity index (χ2n) is 14.8. The van der Waals surface area contributed by atoms with Crippen LogP contribution in [0.4, 0.5) is 0 Å². The minimum Gasteiger partial charge on any atom is -0.481 e. The standard InChI is InChI=1S/C37H65N15O14S/c1-18(54)46-21(8-11-27(56)57)32(63)50-23(9-12-28(58)59)34(65)51-24(13-16-67-2)35(66)49-22(7-10-26(38)55)33(64)48-19(5-3-14-44-36(40)41)30(61)47-20(6-4-15-45-37(42)43)31(62)52-25(17-53)29(39)60/h19-25,53H,3-17H2,1-2H3,(H2,38,55)(H2,39,60)(H,46,54)(H,47,61)(H,48,64)(H,49,66)(H,50,63)(H,51,65)(H,52,62)(H,56,57)(H,58,59)(H4,40,41,44)(H4,42,43,45)/t19-,20-,21-,22-,23-,24-,25-/m0/s1. The van der Waals surface area contributed by atoms with E-state index in [4.69, 9.17) is 39.5 Å². The van der Waals surface area contributed by atoms with Gasteiger partial charge in [0.15, 0.2) is 11.9 Å². The molecule has 0 aliphatic heterocycles. The average molecular weight is 976 g/mol. The lowest BCUT2D eigenvalue weighted by Crippen LogP contribution is -2.60. The van der Waals surface area contributed by atoms with Gasteiger partial charge >= 0.3 is 11.9 Å². The molecule has 0 spiro atoms. The summed E-state index contributed by atoms with van der Waals surface area (Å²) in [5.74, 6) is -11.7. The Morgan fingerprint density at radius 1 is 0.478 bits per heavy atom. The number of primary amides is 2. The van der Waals surface area contributed by atoms with E-state index in [1.165, 1.54) is 11.8 Å². The summed E-state index contributed by atoms with van der Waals surface area (Å²) in [6.45, 7) is 0.152. The number of carbonyl (C=O) groups excluding carboxylic acids is 9. The second kappa shape index (κ2) is 32.6. The maximum Gasteiger partial charge on any atom is 0.303 e. The number of carbonyl (C=O) groups is 11. The van der Waals surface area contributed by atoms with Gasteiger partial charge in [-0.05, 0) is 63.4 Å². The Kier molecular flexibility index (Phi) is 29.2. The molecule has 7 atom stereocenters. The van der Waals surface area contributed by atoms with Gasteiger partial charge in [0, 0.05) is 39.3 Å². The molecule has 378 valence electrons. The van der Waals surface area contributed by atoms with E-state index in [9.17, 15) is 63.0 Å². The zero-order valence-electron chi connectivity index (χ0n) is 37.2. The first-order valence-electron chi connectivity index (χ1n) is 20.7. The largest absolute Gasteiger partial charge is 0.481 e. The third kappa shape index (κ3) is 27.2. The van der Waals surface area contributed by atoms with E-state index in [2.05, 4.69) is 47.2 Å². The van der Waals surface area contributed by atoms with E-state index >= 15 is 0 Å². The number of hydrogen-bond acceptors (Lipinski definition) is 15. The van der Waals surface area contributed by atoms with Gasteiger partial charge in [-0.1, -0.05) is 0 Å². The Hall–Kier alpha value is -6.98. The average Bonchev–Trinajstić information content (AvgIpc) is 3.23. The lowest BCUT2D eigenvalue weighted by Gasteiger charge is -2.28. The Morgan fingerprint density at radius 2 is 0.791 bits per heavy atom. The van der Waals surface area contributed by atoms with Crippen molar-refractivity contribution in [3.05, 3.63) is 0 Å². The number of nitrogens with zero attached hydrogens (tertiary/aromatic N) is 2. The molecule has 0 unspecified atom stereocenters. The van der Waals surface area contributed by atoms with E-state index in [1.54, 1.807) is 6.26 Å². The highest BCUT2D eigenvalue weighted by Gasteiger charge is 2.34. The third-order valence-corrected chi connectivity index (χ3v) is 9.82. The molecule has 0 saturated carbocycles. The number of rotatable bonds is 35. The first-order valence-corrected chi connectivity index (χ1v) is 22.1. The summed E-state index contributed by atoms with van der Waals surface area (Å²) >= 11 is 1.25. The van der Waals surface area contributed by atoms with Crippen molar-refractivity contribution in [1.82, 2.24) is 37.2 Å². The topological polar surface area (TPSA) is 514 Å². The van der Waals surface area contributed by atoms with Crippen molar-refractivity contribution in [3.8, 4) is 0 Å². The second-order valence-corrected chi connectivity index (χ2v) is 15.7. The van der Waals surface area contributed by atoms with Gasteiger partial charge in [-0.2, -0.15) is 11.8 Å². The SMILES string of the molecule is CSCC[C@H](NC(=O)[C@H](CCC(=O)O)NC(=O)[C@H](CCC(=O)O)NC(C)=O)C(=O)N[C@@H](CCC(N)=O)C(=O)N[C@@H](CCCN=C(N)N)C(=O)N[C@@H](CCCN=C(N)N)C(=O)N[C@@H](CO)C(N)=O. The van der Waals surface area contributed by atoms with Crippen LogP contribution in [0.3, 0.4) is 0 Å². The molecular formula is C37H65N15O14S. The van der Waals surface area contributed by atoms with Crippen molar-refractivity contribution in [2.24, 2.45) is 44.4 Å². The van der Waals surface area contributed by atoms with Gasteiger partial charge in [-0.25, -0.2) is 0 Å².